The van der Waals surface area contributed by atoms with Crippen LogP contribution < -0.4 is 5.32 Å². The van der Waals surface area contributed by atoms with E-state index >= 15 is 0 Å². The van der Waals surface area contributed by atoms with E-state index in [1.165, 1.54) is 6.07 Å². The number of benzene rings is 1. The lowest BCUT2D eigenvalue weighted by Gasteiger charge is -2.15. The van der Waals surface area contributed by atoms with Crippen LogP contribution in [0.3, 0.4) is 0 Å². The Labute approximate surface area is 207 Å². The average molecular weight is 514 g/mol. The maximum atomic E-state index is 13.4. The molecule has 0 spiro atoms. The third kappa shape index (κ3) is 4.82. The predicted octanol–water partition coefficient (Wildman–Crippen LogP) is 5.52. The van der Waals surface area contributed by atoms with E-state index in [9.17, 15) is 22.0 Å². The van der Waals surface area contributed by atoms with Crippen molar-refractivity contribution >= 4 is 38.4 Å². The molecule has 7 nitrogen and oxygen atoms in total. The fourth-order valence-electron chi connectivity index (χ4n) is 4.44. The largest absolute Gasteiger partial charge is 0.461 e. The molecule has 1 fully saturated rings. The molecule has 0 atom stereocenters. The van der Waals surface area contributed by atoms with Gasteiger partial charge in [-0.25, -0.2) is 22.2 Å². The minimum absolute atomic E-state index is 0.0191. The van der Waals surface area contributed by atoms with Gasteiger partial charge in [0.25, 0.3) is 6.43 Å². The van der Waals surface area contributed by atoms with E-state index < -0.39 is 16.3 Å². The molecule has 0 bridgehead atoms. The smallest absolute Gasteiger partial charge is 0.277 e. The highest BCUT2D eigenvalue weighted by Crippen LogP contribution is 2.40. The Morgan fingerprint density at radius 2 is 1.92 bits per heavy atom. The highest BCUT2D eigenvalue weighted by atomic mass is 32.2. The van der Waals surface area contributed by atoms with Crippen molar-refractivity contribution < 1.29 is 26.4 Å². The Bertz CT molecular complexity index is 1520. The van der Waals surface area contributed by atoms with E-state index in [0.29, 0.717) is 34.2 Å². The van der Waals surface area contributed by atoms with Crippen LogP contribution in [0.1, 0.15) is 35.6 Å². The van der Waals surface area contributed by atoms with Gasteiger partial charge in [-0.1, -0.05) is 0 Å². The summed E-state index contributed by atoms with van der Waals surface area (Å²) in [6.45, 7) is 3.69. The first-order valence-electron chi connectivity index (χ1n) is 11.6. The second-order valence-corrected chi connectivity index (χ2v) is 11.4. The second kappa shape index (κ2) is 8.92. The summed E-state index contributed by atoms with van der Waals surface area (Å²) in [5.74, 6) is 1.37. The fraction of sp³-hybridized carbons (Fsp3) is 0.346. The molecule has 2 aliphatic rings. The Morgan fingerprint density at radius 1 is 1.17 bits per heavy atom. The van der Waals surface area contributed by atoms with Crippen LogP contribution in [-0.4, -0.2) is 37.6 Å². The molecule has 0 saturated heterocycles. The van der Waals surface area contributed by atoms with E-state index in [4.69, 9.17) is 4.42 Å². The summed E-state index contributed by atoms with van der Waals surface area (Å²) in [6.07, 6.45) is 0.0302. The minimum Gasteiger partial charge on any atom is -0.461 e. The Hall–Kier alpha value is -3.40. The molecule has 10 heteroatoms. The van der Waals surface area contributed by atoms with E-state index in [1.807, 2.05) is 19.9 Å². The van der Waals surface area contributed by atoms with Crippen LogP contribution in [0.15, 0.2) is 44.6 Å². The van der Waals surface area contributed by atoms with Gasteiger partial charge in [-0.3, -0.25) is 9.78 Å². The molecule has 1 aliphatic heterocycles. The van der Waals surface area contributed by atoms with Crippen LogP contribution in [0.2, 0.25) is 0 Å². The number of carbonyl (C=O) groups excluding carboxylic acids is 1. The zero-order valence-electron chi connectivity index (χ0n) is 20.1. The Balaban J connectivity index is 1.57. The average Bonchev–Trinajstić information content (AvgIpc) is 3.47. The molecule has 1 saturated carbocycles. The number of hydrogen-bond acceptors (Lipinski definition) is 7. The van der Waals surface area contributed by atoms with Gasteiger partial charge >= 0.3 is 0 Å². The maximum Gasteiger partial charge on any atom is 0.277 e. The number of aliphatic imine (C=N–C) groups is 1. The number of Topliss-reactive ketones (excluding diaryl/α,β-unsaturated/α-hetero) is 1. The van der Waals surface area contributed by atoms with Crippen molar-refractivity contribution in [2.45, 2.75) is 50.9 Å². The second-order valence-electron chi connectivity index (χ2n) is 9.43. The number of ketones is 1. The van der Waals surface area contributed by atoms with Gasteiger partial charge in [0.05, 0.1) is 33.4 Å². The van der Waals surface area contributed by atoms with Crippen molar-refractivity contribution in [1.29, 1.82) is 0 Å². The third-order valence-corrected chi connectivity index (χ3v) is 7.45. The lowest BCUT2D eigenvalue weighted by molar-refractivity contribution is -0.119. The van der Waals surface area contributed by atoms with Gasteiger partial charge in [-0.2, -0.15) is 0 Å². The molecule has 3 heterocycles. The van der Waals surface area contributed by atoms with Gasteiger partial charge in [0.2, 0.25) is 0 Å². The molecule has 0 unspecified atom stereocenters. The standard InChI is InChI=1S/C26H25F2N3O4S/c1-13-8-14(2)35-25(13)16-6-7-18(23(9-16)36(3,33)34)30-19-10-17(11-22(32)15-4-5-15)29-20-12-21(26(27)28)31-24(19)20/h6-10,15,26H,4-5,11-12H2,1-3H3,(H,29,30). The lowest BCUT2D eigenvalue weighted by atomic mass is 10.1. The van der Waals surface area contributed by atoms with E-state index in [2.05, 4.69) is 15.3 Å². The fourth-order valence-corrected chi connectivity index (χ4v) is 5.30. The Kier molecular flexibility index (Phi) is 6.02. The summed E-state index contributed by atoms with van der Waals surface area (Å²) in [6, 6.07) is 8.32. The van der Waals surface area contributed by atoms with Crippen molar-refractivity contribution in [1.82, 2.24) is 4.98 Å². The molecular weight excluding hydrogens is 488 g/mol. The van der Waals surface area contributed by atoms with E-state index in [-0.39, 0.29) is 46.5 Å². The number of sulfone groups is 1. The van der Waals surface area contributed by atoms with Crippen molar-refractivity contribution in [3.05, 3.63) is 53.0 Å². The number of nitrogens with one attached hydrogen (secondary N) is 1. The quantitative estimate of drug-likeness (QED) is 0.426. The van der Waals surface area contributed by atoms with Gasteiger partial charge in [0.1, 0.15) is 23.0 Å². The maximum absolute atomic E-state index is 13.4. The molecule has 0 radical (unpaired) electrons. The van der Waals surface area contributed by atoms with Crippen molar-refractivity contribution in [2.75, 3.05) is 11.6 Å². The number of aromatic nitrogens is 1. The van der Waals surface area contributed by atoms with Gasteiger partial charge in [0, 0.05) is 30.6 Å². The topological polar surface area (TPSA) is 102 Å². The normalized spacial score (nSPS) is 15.2. The van der Waals surface area contributed by atoms with Crippen LogP contribution in [0.5, 0.6) is 0 Å². The Morgan fingerprint density at radius 3 is 2.53 bits per heavy atom. The molecule has 2 aromatic heterocycles. The monoisotopic (exact) mass is 513 g/mol. The zero-order chi connectivity index (χ0) is 25.8. The van der Waals surface area contributed by atoms with E-state index in [1.54, 1.807) is 18.2 Å². The summed E-state index contributed by atoms with van der Waals surface area (Å²) in [5.41, 5.74) is 2.76. The van der Waals surface area contributed by atoms with E-state index in [0.717, 1.165) is 24.7 Å². The zero-order valence-corrected chi connectivity index (χ0v) is 20.9. The van der Waals surface area contributed by atoms with Crippen LogP contribution in [-0.2, 0) is 27.5 Å². The number of carbonyl (C=O) groups is 1. The number of halogens is 2. The molecule has 1 N–H and O–H groups in total. The summed E-state index contributed by atoms with van der Waals surface area (Å²) < 4.78 is 58.1. The van der Waals surface area contributed by atoms with Crippen LogP contribution in [0, 0.1) is 19.8 Å². The summed E-state index contributed by atoms with van der Waals surface area (Å²) in [5, 5.41) is 3.08. The first-order valence-corrected chi connectivity index (χ1v) is 13.5. The number of rotatable bonds is 8. The van der Waals surface area contributed by atoms with Crippen LogP contribution in [0.25, 0.3) is 11.3 Å². The number of nitrogens with zero attached hydrogens (tertiary/aromatic N) is 2. The number of pyridine rings is 1. The SMILES string of the molecule is Cc1cc(C)c(-c2ccc(Nc3cc(CC(=O)C4CC4)nc4c3N=C(C(F)F)C4)c(S(C)(=O)=O)c2)o1. The van der Waals surface area contributed by atoms with Crippen molar-refractivity contribution in [2.24, 2.45) is 10.9 Å². The number of hydrogen-bond donors (Lipinski definition) is 1. The first kappa shape index (κ1) is 24.3. The number of alkyl halides is 2. The van der Waals surface area contributed by atoms with Gasteiger partial charge in [-0.15, -0.1) is 0 Å². The molecular formula is C26H25F2N3O4S. The summed E-state index contributed by atoms with van der Waals surface area (Å²) in [4.78, 5) is 20.9. The molecule has 1 aromatic carbocycles. The number of furan rings is 1. The van der Waals surface area contributed by atoms with Crippen LogP contribution >= 0.6 is 0 Å². The van der Waals surface area contributed by atoms with Crippen molar-refractivity contribution in [3.63, 3.8) is 0 Å². The lowest BCUT2D eigenvalue weighted by Crippen LogP contribution is -2.11. The van der Waals surface area contributed by atoms with Crippen molar-refractivity contribution in [3.8, 4) is 11.3 Å². The highest BCUT2D eigenvalue weighted by molar-refractivity contribution is 7.90. The molecule has 36 heavy (non-hydrogen) atoms. The molecule has 1 aliphatic carbocycles. The molecule has 3 aromatic rings. The first-order chi connectivity index (χ1) is 17.0. The number of anilines is 2. The summed E-state index contributed by atoms with van der Waals surface area (Å²) in [7, 11) is -3.69. The van der Waals surface area contributed by atoms with Crippen LogP contribution in [0.4, 0.5) is 25.8 Å². The third-order valence-electron chi connectivity index (χ3n) is 6.32. The van der Waals surface area contributed by atoms with Gasteiger partial charge < -0.3 is 9.73 Å². The molecule has 0 amide bonds. The highest BCUT2D eigenvalue weighted by Gasteiger charge is 2.31. The summed E-state index contributed by atoms with van der Waals surface area (Å²) >= 11 is 0. The molecule has 5 rings (SSSR count). The van der Waals surface area contributed by atoms with Gasteiger partial charge in [-0.05, 0) is 62.6 Å². The minimum atomic E-state index is -3.69. The number of fused-ring (bicyclic) bond motifs is 1. The molecule has 188 valence electrons. The predicted molar refractivity (Wildman–Crippen MR) is 132 cm³/mol. The number of aryl methyl sites for hydroxylation is 2. The van der Waals surface area contributed by atoms with Gasteiger partial charge in [0.15, 0.2) is 9.84 Å².